The second kappa shape index (κ2) is 4.73. The van der Waals surface area contributed by atoms with Gasteiger partial charge in [-0.1, -0.05) is 0 Å². The van der Waals surface area contributed by atoms with Gasteiger partial charge in [0.2, 0.25) is 0 Å². The number of aromatic nitrogens is 1. The lowest BCUT2D eigenvalue weighted by molar-refractivity contribution is 0.667. The Morgan fingerprint density at radius 2 is 2.12 bits per heavy atom. The minimum atomic E-state index is 0.0917. The van der Waals surface area contributed by atoms with E-state index in [2.05, 4.69) is 24.1 Å². The van der Waals surface area contributed by atoms with Crippen LogP contribution in [0.2, 0.25) is 0 Å². The molecule has 0 aromatic carbocycles. The highest BCUT2D eigenvalue weighted by Gasteiger charge is 2.16. The molecular formula is C13H20N4. The van der Waals surface area contributed by atoms with Crippen molar-refractivity contribution in [3.8, 4) is 0 Å². The predicted molar refractivity (Wildman–Crippen MR) is 70.7 cm³/mol. The van der Waals surface area contributed by atoms with Crippen molar-refractivity contribution in [3.05, 3.63) is 22.9 Å². The Balaban J connectivity index is 2.44. The average molecular weight is 232 g/mol. The smallest absolute Gasteiger partial charge is 0.137 e. The van der Waals surface area contributed by atoms with Crippen LogP contribution >= 0.6 is 0 Å². The van der Waals surface area contributed by atoms with Crippen molar-refractivity contribution in [2.45, 2.75) is 45.6 Å². The molecule has 1 heterocycles. The zero-order valence-corrected chi connectivity index (χ0v) is 10.5. The molecule has 0 bridgehead atoms. The lowest BCUT2D eigenvalue weighted by Gasteiger charge is -2.20. The summed E-state index contributed by atoms with van der Waals surface area (Å²) in [6, 6.07) is 2.33. The number of rotatable bonds is 3. The van der Waals surface area contributed by atoms with Crippen LogP contribution in [0.1, 0.15) is 43.5 Å². The molecule has 0 spiro atoms. The van der Waals surface area contributed by atoms with Crippen molar-refractivity contribution in [2.75, 3.05) is 5.32 Å². The number of nitrogens with one attached hydrogen (secondary N) is 2. The first-order valence-corrected chi connectivity index (χ1v) is 6.21. The molecule has 92 valence electrons. The number of aryl methyl sites for hydroxylation is 2. The monoisotopic (exact) mass is 232 g/mol. The molecule has 4 heteroatoms. The van der Waals surface area contributed by atoms with E-state index in [1.54, 1.807) is 0 Å². The third-order valence-corrected chi connectivity index (χ3v) is 3.02. The molecule has 0 amide bonds. The van der Waals surface area contributed by atoms with Gasteiger partial charge in [-0.25, -0.2) is 4.98 Å². The van der Waals surface area contributed by atoms with Gasteiger partial charge in [-0.3, -0.25) is 5.41 Å². The zero-order chi connectivity index (χ0) is 12.4. The van der Waals surface area contributed by atoms with Crippen molar-refractivity contribution in [3.63, 3.8) is 0 Å². The van der Waals surface area contributed by atoms with Crippen molar-refractivity contribution in [1.29, 1.82) is 5.41 Å². The second-order valence-corrected chi connectivity index (χ2v) is 4.91. The maximum Gasteiger partial charge on any atom is 0.137 e. The highest BCUT2D eigenvalue weighted by atomic mass is 15.0. The van der Waals surface area contributed by atoms with Gasteiger partial charge in [0.05, 0.1) is 5.56 Å². The molecule has 2 rings (SSSR count). The van der Waals surface area contributed by atoms with E-state index in [0.29, 0.717) is 6.04 Å². The zero-order valence-electron chi connectivity index (χ0n) is 10.5. The molecule has 4 nitrogen and oxygen atoms in total. The summed E-state index contributed by atoms with van der Waals surface area (Å²) in [6.07, 6.45) is 4.52. The topological polar surface area (TPSA) is 74.8 Å². The van der Waals surface area contributed by atoms with Gasteiger partial charge in [-0.2, -0.15) is 0 Å². The quantitative estimate of drug-likeness (QED) is 0.551. The Morgan fingerprint density at radius 1 is 1.41 bits per heavy atom. The maximum atomic E-state index is 7.64. The van der Waals surface area contributed by atoms with Crippen LogP contribution in [-0.4, -0.2) is 16.9 Å². The molecule has 17 heavy (non-hydrogen) atoms. The fraction of sp³-hybridized carbons (Fsp3) is 0.538. The van der Waals surface area contributed by atoms with Gasteiger partial charge in [0.15, 0.2) is 0 Å². The van der Waals surface area contributed by atoms with Gasteiger partial charge in [0.1, 0.15) is 11.7 Å². The number of hydrogen-bond donors (Lipinski definition) is 3. The third-order valence-electron chi connectivity index (χ3n) is 3.02. The predicted octanol–water partition coefficient (Wildman–Crippen LogP) is 2.06. The second-order valence-electron chi connectivity index (χ2n) is 4.91. The molecule has 0 radical (unpaired) electrons. The Hall–Kier alpha value is -1.58. The number of pyridine rings is 1. The van der Waals surface area contributed by atoms with E-state index >= 15 is 0 Å². The lowest BCUT2D eigenvalue weighted by atomic mass is 9.94. The minimum Gasteiger partial charge on any atom is -0.384 e. The molecule has 0 unspecified atom stereocenters. The Labute approximate surface area is 102 Å². The van der Waals surface area contributed by atoms with E-state index in [4.69, 9.17) is 11.1 Å². The normalized spacial score (nSPS) is 14.5. The summed E-state index contributed by atoms with van der Waals surface area (Å²) in [4.78, 5) is 4.64. The van der Waals surface area contributed by atoms with Gasteiger partial charge in [-0.15, -0.1) is 0 Å². The molecule has 0 saturated carbocycles. The molecule has 0 aliphatic heterocycles. The number of amidine groups is 1. The van der Waals surface area contributed by atoms with Gasteiger partial charge in [0, 0.05) is 11.7 Å². The van der Waals surface area contributed by atoms with E-state index in [1.807, 2.05) is 6.07 Å². The standard InChI is InChI=1S/C13H20N4/c1-8(2)16-13-10(12(14)15)7-9-5-3-4-6-11(9)17-13/h7-8H,3-6H2,1-2H3,(H3,14,15)(H,16,17). The molecule has 0 fully saturated rings. The number of hydrogen-bond acceptors (Lipinski definition) is 3. The summed E-state index contributed by atoms with van der Waals surface area (Å²) in [7, 11) is 0. The van der Waals surface area contributed by atoms with Crippen LogP contribution in [0.15, 0.2) is 6.07 Å². The van der Waals surface area contributed by atoms with E-state index in [9.17, 15) is 0 Å². The van der Waals surface area contributed by atoms with Crippen LogP contribution in [0.5, 0.6) is 0 Å². The maximum absolute atomic E-state index is 7.64. The van der Waals surface area contributed by atoms with Crippen molar-refractivity contribution < 1.29 is 0 Å². The van der Waals surface area contributed by atoms with Crippen LogP contribution < -0.4 is 11.1 Å². The summed E-state index contributed by atoms with van der Waals surface area (Å²) in [5, 5.41) is 10.9. The number of nitrogens with two attached hydrogens (primary N) is 1. The van der Waals surface area contributed by atoms with Gasteiger partial charge in [-0.05, 0) is 51.2 Å². The van der Waals surface area contributed by atoms with Crippen LogP contribution in [0.25, 0.3) is 0 Å². The molecule has 4 N–H and O–H groups in total. The highest BCUT2D eigenvalue weighted by molar-refractivity contribution is 5.99. The van der Waals surface area contributed by atoms with Crippen molar-refractivity contribution >= 4 is 11.7 Å². The summed E-state index contributed by atoms with van der Waals surface area (Å²) in [6.45, 7) is 4.12. The Morgan fingerprint density at radius 3 is 2.76 bits per heavy atom. The van der Waals surface area contributed by atoms with E-state index in [-0.39, 0.29) is 5.84 Å². The van der Waals surface area contributed by atoms with Gasteiger partial charge >= 0.3 is 0 Å². The molecule has 1 aromatic heterocycles. The lowest BCUT2D eigenvalue weighted by Crippen LogP contribution is -2.21. The fourth-order valence-electron chi connectivity index (χ4n) is 2.22. The number of nitrogens with zero attached hydrogens (tertiary/aromatic N) is 1. The summed E-state index contributed by atoms with van der Waals surface area (Å²) >= 11 is 0. The van der Waals surface area contributed by atoms with Crippen LogP contribution in [0.3, 0.4) is 0 Å². The third kappa shape index (κ3) is 2.57. The highest BCUT2D eigenvalue weighted by Crippen LogP contribution is 2.24. The fourth-order valence-corrected chi connectivity index (χ4v) is 2.22. The average Bonchev–Trinajstić information content (AvgIpc) is 2.27. The Kier molecular flexibility index (Phi) is 3.31. The number of anilines is 1. The SMILES string of the molecule is CC(C)Nc1nc2c(cc1C(=N)N)CCCC2. The minimum absolute atomic E-state index is 0.0917. The van der Waals surface area contributed by atoms with Crippen molar-refractivity contribution in [1.82, 2.24) is 4.98 Å². The molecule has 1 aliphatic rings. The first-order valence-electron chi connectivity index (χ1n) is 6.21. The van der Waals surface area contributed by atoms with E-state index in [1.165, 1.54) is 24.1 Å². The van der Waals surface area contributed by atoms with Crippen LogP contribution in [0, 0.1) is 5.41 Å². The first kappa shape index (κ1) is 11.9. The molecule has 0 saturated heterocycles. The van der Waals surface area contributed by atoms with E-state index < -0.39 is 0 Å². The molecule has 0 atom stereocenters. The van der Waals surface area contributed by atoms with Crippen molar-refractivity contribution in [2.24, 2.45) is 5.73 Å². The largest absolute Gasteiger partial charge is 0.384 e. The van der Waals surface area contributed by atoms with E-state index in [0.717, 1.165) is 24.2 Å². The number of nitrogen functional groups attached to an aromatic ring is 1. The summed E-state index contributed by atoms with van der Waals surface area (Å²) < 4.78 is 0. The number of fused-ring (bicyclic) bond motifs is 1. The molecular weight excluding hydrogens is 212 g/mol. The Bertz CT molecular complexity index is 437. The van der Waals surface area contributed by atoms with Gasteiger partial charge < -0.3 is 11.1 Å². The first-order chi connectivity index (χ1) is 8.08. The molecule has 1 aromatic rings. The van der Waals surface area contributed by atoms with Crippen LogP contribution in [-0.2, 0) is 12.8 Å². The summed E-state index contributed by atoms with van der Waals surface area (Å²) in [5.41, 5.74) is 8.79. The molecule has 1 aliphatic carbocycles. The van der Waals surface area contributed by atoms with Crippen LogP contribution in [0.4, 0.5) is 5.82 Å². The van der Waals surface area contributed by atoms with Gasteiger partial charge in [0.25, 0.3) is 0 Å². The summed E-state index contributed by atoms with van der Waals surface area (Å²) in [5.74, 6) is 0.849.